The molecule has 0 fully saturated rings. The van der Waals surface area contributed by atoms with Gasteiger partial charge in [0.1, 0.15) is 5.01 Å². The maximum absolute atomic E-state index is 5.46. The molecule has 19 heavy (non-hydrogen) atoms. The highest BCUT2D eigenvalue weighted by molar-refractivity contribution is 7.71. The molecular formula is C13H14N4S2. The lowest BCUT2D eigenvalue weighted by Gasteiger charge is -2.24. The fraction of sp³-hybridized carbons (Fsp3) is 0.308. The molecule has 0 aliphatic heterocycles. The van der Waals surface area contributed by atoms with Gasteiger partial charge >= 0.3 is 0 Å². The maximum atomic E-state index is 5.46. The van der Waals surface area contributed by atoms with Crippen molar-refractivity contribution in [2.45, 2.75) is 26.3 Å². The van der Waals surface area contributed by atoms with Crippen LogP contribution >= 0.6 is 23.6 Å². The number of aromatic nitrogens is 4. The molecule has 3 aromatic rings. The van der Waals surface area contributed by atoms with Crippen LogP contribution in [0.3, 0.4) is 0 Å². The molecule has 0 unspecified atom stereocenters. The van der Waals surface area contributed by atoms with Crippen molar-refractivity contribution in [2.75, 3.05) is 0 Å². The summed E-state index contributed by atoms with van der Waals surface area (Å²) < 4.78 is 2.71. The molecule has 0 bridgehead atoms. The second-order valence-electron chi connectivity index (χ2n) is 5.05. The zero-order valence-corrected chi connectivity index (χ0v) is 12.6. The summed E-state index contributed by atoms with van der Waals surface area (Å²) in [5.74, 6) is 0. The number of imidazole rings is 1. The van der Waals surface area contributed by atoms with Crippen LogP contribution in [-0.2, 0) is 5.54 Å². The number of pyridine rings is 1. The van der Waals surface area contributed by atoms with Crippen molar-refractivity contribution < 1.29 is 0 Å². The van der Waals surface area contributed by atoms with E-state index in [1.165, 1.54) is 0 Å². The van der Waals surface area contributed by atoms with Crippen LogP contribution in [0.1, 0.15) is 24.4 Å². The second-order valence-corrected chi connectivity index (χ2v) is 6.33. The summed E-state index contributed by atoms with van der Waals surface area (Å²) in [5, 5.41) is 3.00. The first-order chi connectivity index (χ1) is 9.00. The minimum Gasteiger partial charge on any atom is -0.329 e. The highest BCUT2D eigenvalue weighted by Gasteiger charge is 2.28. The number of rotatable bonds is 2. The summed E-state index contributed by atoms with van der Waals surface area (Å²) in [6, 6.07) is 2.06. The molecule has 98 valence electrons. The van der Waals surface area contributed by atoms with Crippen LogP contribution in [0, 0.1) is 11.7 Å². The SMILES string of the molecule is Cc1cnc2c(c1)[nH]c(=S)n2C(C)(C)c1nccs1. The van der Waals surface area contributed by atoms with E-state index in [2.05, 4.69) is 34.9 Å². The summed E-state index contributed by atoms with van der Waals surface area (Å²) in [6.45, 7) is 6.24. The molecule has 3 aromatic heterocycles. The van der Waals surface area contributed by atoms with Crippen LogP contribution in [0.4, 0.5) is 0 Å². The van der Waals surface area contributed by atoms with E-state index in [4.69, 9.17) is 12.2 Å². The first kappa shape index (κ1) is 12.5. The summed E-state index contributed by atoms with van der Waals surface area (Å²) in [6.07, 6.45) is 3.68. The van der Waals surface area contributed by atoms with Gasteiger partial charge in [0.05, 0.1) is 11.1 Å². The van der Waals surface area contributed by atoms with Gasteiger partial charge in [-0.15, -0.1) is 11.3 Å². The van der Waals surface area contributed by atoms with Crippen LogP contribution < -0.4 is 0 Å². The lowest BCUT2D eigenvalue weighted by Crippen LogP contribution is -2.27. The summed E-state index contributed by atoms with van der Waals surface area (Å²) >= 11 is 7.09. The average molecular weight is 290 g/mol. The summed E-state index contributed by atoms with van der Waals surface area (Å²) in [4.78, 5) is 12.2. The van der Waals surface area contributed by atoms with Gasteiger partial charge < -0.3 is 4.98 Å². The Labute approximate surface area is 120 Å². The van der Waals surface area contributed by atoms with E-state index >= 15 is 0 Å². The lowest BCUT2D eigenvalue weighted by atomic mass is 10.1. The van der Waals surface area contributed by atoms with E-state index in [0.29, 0.717) is 4.77 Å². The Balaban J connectivity index is 2.31. The number of fused-ring (bicyclic) bond motifs is 1. The van der Waals surface area contributed by atoms with Gasteiger partial charge in [0.15, 0.2) is 10.4 Å². The molecule has 3 rings (SSSR count). The Morgan fingerprint density at radius 3 is 2.84 bits per heavy atom. The zero-order chi connectivity index (χ0) is 13.6. The first-order valence-corrected chi connectivity index (χ1v) is 7.27. The molecule has 0 saturated carbocycles. The number of aromatic amines is 1. The topological polar surface area (TPSA) is 46.5 Å². The van der Waals surface area contributed by atoms with Crippen molar-refractivity contribution in [3.05, 3.63) is 39.2 Å². The van der Waals surface area contributed by atoms with Gasteiger partial charge in [0.2, 0.25) is 0 Å². The molecule has 3 heterocycles. The maximum Gasteiger partial charge on any atom is 0.180 e. The van der Waals surface area contributed by atoms with Crippen molar-refractivity contribution in [3.63, 3.8) is 0 Å². The molecule has 0 aliphatic rings. The van der Waals surface area contributed by atoms with Gasteiger partial charge in [-0.25, -0.2) is 9.97 Å². The van der Waals surface area contributed by atoms with Gasteiger partial charge in [0, 0.05) is 17.8 Å². The second kappa shape index (κ2) is 4.25. The van der Waals surface area contributed by atoms with Crippen molar-refractivity contribution in [2.24, 2.45) is 0 Å². The normalized spacial score (nSPS) is 12.2. The third-order valence-corrected chi connectivity index (χ3v) is 4.55. The van der Waals surface area contributed by atoms with E-state index in [9.17, 15) is 0 Å². The van der Waals surface area contributed by atoms with E-state index in [-0.39, 0.29) is 5.54 Å². The van der Waals surface area contributed by atoms with E-state index in [1.807, 2.05) is 29.3 Å². The largest absolute Gasteiger partial charge is 0.329 e. The highest BCUT2D eigenvalue weighted by atomic mass is 32.1. The molecule has 0 radical (unpaired) electrons. The summed E-state index contributed by atoms with van der Waals surface area (Å²) in [7, 11) is 0. The molecule has 4 nitrogen and oxygen atoms in total. The number of nitrogens with zero attached hydrogens (tertiary/aromatic N) is 3. The fourth-order valence-electron chi connectivity index (χ4n) is 2.24. The van der Waals surface area contributed by atoms with E-state index in [1.54, 1.807) is 11.3 Å². The Morgan fingerprint density at radius 2 is 2.16 bits per heavy atom. The predicted octanol–water partition coefficient (Wildman–Crippen LogP) is 3.64. The third-order valence-electron chi connectivity index (χ3n) is 3.17. The van der Waals surface area contributed by atoms with Crippen LogP contribution in [-0.4, -0.2) is 19.5 Å². The van der Waals surface area contributed by atoms with Crippen LogP contribution in [0.2, 0.25) is 0 Å². The average Bonchev–Trinajstić information content (AvgIpc) is 2.94. The molecule has 0 saturated heterocycles. The van der Waals surface area contributed by atoms with E-state index < -0.39 is 0 Å². The molecular weight excluding hydrogens is 276 g/mol. The zero-order valence-electron chi connectivity index (χ0n) is 11.0. The predicted molar refractivity (Wildman–Crippen MR) is 80.2 cm³/mol. The first-order valence-electron chi connectivity index (χ1n) is 5.98. The molecule has 0 atom stereocenters. The minimum absolute atomic E-state index is 0.314. The van der Waals surface area contributed by atoms with Gasteiger partial charge in [0.25, 0.3) is 0 Å². The number of nitrogens with one attached hydrogen (secondary N) is 1. The van der Waals surface area contributed by atoms with Crippen molar-refractivity contribution in [3.8, 4) is 0 Å². The smallest absolute Gasteiger partial charge is 0.180 e. The molecule has 0 amide bonds. The Morgan fingerprint density at radius 1 is 1.37 bits per heavy atom. The molecule has 0 aromatic carbocycles. The molecule has 0 spiro atoms. The standard InChI is InChI=1S/C13H14N4S2/c1-8-6-9-10(15-7-8)17(12(18)16-9)13(2,3)11-14-4-5-19-11/h4-7H,1-3H3,(H,16,18). The lowest BCUT2D eigenvalue weighted by molar-refractivity contribution is 0.438. The van der Waals surface area contributed by atoms with Crippen LogP contribution in [0.15, 0.2) is 23.8 Å². The van der Waals surface area contributed by atoms with Gasteiger partial charge in [-0.3, -0.25) is 4.57 Å². The fourth-order valence-corrected chi connectivity index (χ4v) is 3.42. The molecule has 1 N–H and O–H groups in total. The van der Waals surface area contributed by atoms with Gasteiger partial charge in [-0.1, -0.05) is 0 Å². The Kier molecular flexibility index (Phi) is 2.79. The van der Waals surface area contributed by atoms with Gasteiger partial charge in [-0.2, -0.15) is 0 Å². The number of thiazole rings is 1. The number of H-pyrrole nitrogens is 1. The minimum atomic E-state index is -0.314. The van der Waals surface area contributed by atoms with Crippen LogP contribution in [0.5, 0.6) is 0 Å². The number of hydrogen-bond acceptors (Lipinski definition) is 4. The van der Waals surface area contributed by atoms with Crippen molar-refractivity contribution >= 4 is 34.7 Å². The quantitative estimate of drug-likeness (QED) is 0.733. The molecule has 6 heteroatoms. The van der Waals surface area contributed by atoms with Crippen molar-refractivity contribution in [1.29, 1.82) is 0 Å². The van der Waals surface area contributed by atoms with E-state index in [0.717, 1.165) is 21.7 Å². The van der Waals surface area contributed by atoms with Crippen LogP contribution in [0.25, 0.3) is 11.2 Å². The monoisotopic (exact) mass is 290 g/mol. The Bertz CT molecular complexity index is 781. The highest BCUT2D eigenvalue weighted by Crippen LogP contribution is 2.30. The number of aryl methyl sites for hydroxylation is 1. The Hall–Kier alpha value is -1.53. The number of hydrogen-bond donors (Lipinski definition) is 1. The van der Waals surface area contributed by atoms with Gasteiger partial charge in [-0.05, 0) is 44.6 Å². The third kappa shape index (κ3) is 1.91. The van der Waals surface area contributed by atoms with Crippen molar-refractivity contribution in [1.82, 2.24) is 19.5 Å². The molecule has 0 aliphatic carbocycles. The summed E-state index contributed by atoms with van der Waals surface area (Å²) in [5.41, 5.74) is 2.64.